The van der Waals surface area contributed by atoms with Crippen LogP contribution >= 0.6 is 0 Å². The molecule has 3 aromatic rings. The number of nitrogens with zero attached hydrogens (tertiary/aromatic N) is 7. The number of nitrogens with one attached hydrogen (secondary N) is 1. The van der Waals surface area contributed by atoms with Gasteiger partial charge in [-0.3, -0.25) is 4.79 Å². The van der Waals surface area contributed by atoms with E-state index < -0.39 is 0 Å². The van der Waals surface area contributed by atoms with Crippen molar-refractivity contribution in [2.45, 2.75) is 25.3 Å². The molecule has 0 bridgehead atoms. The number of carbonyl (C=O) groups excluding carboxylic acids is 1. The number of hydrogen-bond acceptors (Lipinski definition) is 7. The van der Waals surface area contributed by atoms with Gasteiger partial charge in [-0.1, -0.05) is 0 Å². The zero-order valence-corrected chi connectivity index (χ0v) is 12.7. The van der Waals surface area contributed by atoms with E-state index in [0.717, 1.165) is 11.4 Å². The normalized spacial score (nSPS) is 13.7. The summed E-state index contributed by atoms with van der Waals surface area (Å²) in [5.41, 5.74) is 2.06. The largest absolute Gasteiger partial charge is 0.345 e. The second-order valence-corrected chi connectivity index (χ2v) is 5.51. The molecule has 1 N–H and O–H groups in total. The van der Waals surface area contributed by atoms with Crippen LogP contribution in [0.15, 0.2) is 37.2 Å². The average molecular weight is 322 g/mol. The Morgan fingerprint density at radius 1 is 1.21 bits per heavy atom. The van der Waals surface area contributed by atoms with Gasteiger partial charge in [0.25, 0.3) is 5.91 Å². The van der Waals surface area contributed by atoms with E-state index in [1.54, 1.807) is 18.5 Å². The second kappa shape index (κ2) is 6.11. The predicted octanol–water partition coefficient (Wildman–Crippen LogP) is 0.655. The van der Waals surface area contributed by atoms with Gasteiger partial charge in [0.05, 0.1) is 12.2 Å². The molecular formula is C15H14N8O. The lowest BCUT2D eigenvalue weighted by atomic mass is 10.2. The number of carbonyl (C=O) groups is 1. The minimum Gasteiger partial charge on any atom is -0.345 e. The van der Waals surface area contributed by atoms with Gasteiger partial charge in [-0.15, -0.1) is 10.2 Å². The molecule has 9 nitrogen and oxygen atoms in total. The summed E-state index contributed by atoms with van der Waals surface area (Å²) in [6, 6.07) is 5.19. The summed E-state index contributed by atoms with van der Waals surface area (Å²) in [6.07, 6.45) is 6.81. The van der Waals surface area contributed by atoms with Gasteiger partial charge >= 0.3 is 0 Å². The van der Waals surface area contributed by atoms with E-state index in [0.29, 0.717) is 18.3 Å². The molecule has 1 aliphatic rings. The van der Waals surface area contributed by atoms with Gasteiger partial charge in [0.1, 0.15) is 19.0 Å². The molecule has 24 heavy (non-hydrogen) atoms. The van der Waals surface area contributed by atoms with E-state index in [1.165, 1.54) is 30.2 Å². The third kappa shape index (κ3) is 3.09. The van der Waals surface area contributed by atoms with Crippen LogP contribution in [0.5, 0.6) is 0 Å². The summed E-state index contributed by atoms with van der Waals surface area (Å²) in [7, 11) is 0. The number of rotatable bonds is 5. The van der Waals surface area contributed by atoms with Crippen molar-refractivity contribution in [2.24, 2.45) is 0 Å². The maximum atomic E-state index is 12.2. The van der Waals surface area contributed by atoms with Crippen LogP contribution in [0.1, 0.15) is 40.6 Å². The Morgan fingerprint density at radius 2 is 2.12 bits per heavy atom. The van der Waals surface area contributed by atoms with Crippen molar-refractivity contribution >= 4 is 5.91 Å². The lowest BCUT2D eigenvalue weighted by Crippen LogP contribution is -2.25. The Bertz CT molecular complexity index is 842. The quantitative estimate of drug-likeness (QED) is 0.734. The van der Waals surface area contributed by atoms with Crippen LogP contribution in [0.3, 0.4) is 0 Å². The highest BCUT2D eigenvalue weighted by Gasteiger charge is 2.25. The highest BCUT2D eigenvalue weighted by Crippen LogP contribution is 2.38. The van der Waals surface area contributed by atoms with Crippen LogP contribution in [0, 0.1) is 0 Å². The lowest BCUT2D eigenvalue weighted by molar-refractivity contribution is 0.0944. The molecule has 1 saturated carbocycles. The standard InChI is InChI=1S/C15H14N8O/c24-15(12-3-4-14(22-21-12)23-9-16-7-20-23)17-6-11-5-13(10-1-2-10)19-8-18-11/h3-5,7-10H,1-2,6H2,(H,17,24). The highest BCUT2D eigenvalue weighted by atomic mass is 16.1. The molecule has 4 rings (SSSR count). The summed E-state index contributed by atoms with van der Waals surface area (Å²) in [5.74, 6) is 0.741. The van der Waals surface area contributed by atoms with Crippen molar-refractivity contribution in [3.63, 3.8) is 0 Å². The van der Waals surface area contributed by atoms with Gasteiger partial charge in [0.2, 0.25) is 0 Å². The first-order valence-electron chi connectivity index (χ1n) is 7.57. The average Bonchev–Trinajstić information content (AvgIpc) is 3.34. The monoisotopic (exact) mass is 322 g/mol. The summed E-state index contributed by atoms with van der Waals surface area (Å²) in [4.78, 5) is 24.4. The van der Waals surface area contributed by atoms with Crippen LogP contribution in [0.4, 0.5) is 0 Å². The Hall–Kier alpha value is -3.23. The minimum atomic E-state index is -0.306. The molecule has 0 radical (unpaired) electrons. The Morgan fingerprint density at radius 3 is 2.83 bits per heavy atom. The van der Waals surface area contributed by atoms with Crippen molar-refractivity contribution < 1.29 is 4.79 Å². The Kier molecular flexibility index (Phi) is 3.66. The fraction of sp³-hybridized carbons (Fsp3) is 0.267. The van der Waals surface area contributed by atoms with Crippen molar-refractivity contribution in [1.29, 1.82) is 0 Å². The van der Waals surface area contributed by atoms with Crippen LogP contribution in [-0.2, 0) is 6.54 Å². The van der Waals surface area contributed by atoms with Gasteiger partial charge in [-0.25, -0.2) is 19.6 Å². The first-order chi connectivity index (χ1) is 11.8. The van der Waals surface area contributed by atoms with E-state index in [-0.39, 0.29) is 11.6 Å². The molecule has 1 aliphatic carbocycles. The third-order valence-corrected chi connectivity index (χ3v) is 3.71. The maximum Gasteiger partial charge on any atom is 0.272 e. The van der Waals surface area contributed by atoms with Crippen molar-refractivity contribution in [1.82, 2.24) is 40.2 Å². The molecule has 3 aromatic heterocycles. The molecular weight excluding hydrogens is 308 g/mol. The topological polar surface area (TPSA) is 111 Å². The van der Waals surface area contributed by atoms with E-state index in [4.69, 9.17) is 0 Å². The Balaban J connectivity index is 1.40. The zero-order chi connectivity index (χ0) is 16.4. The van der Waals surface area contributed by atoms with E-state index >= 15 is 0 Å². The van der Waals surface area contributed by atoms with Crippen molar-refractivity contribution in [3.05, 3.63) is 54.3 Å². The number of aromatic nitrogens is 7. The summed E-state index contributed by atoms with van der Waals surface area (Å²) in [6.45, 7) is 0.327. The van der Waals surface area contributed by atoms with Gasteiger partial charge in [-0.05, 0) is 31.0 Å². The maximum absolute atomic E-state index is 12.2. The van der Waals surface area contributed by atoms with Crippen molar-refractivity contribution in [2.75, 3.05) is 0 Å². The molecule has 9 heteroatoms. The SMILES string of the molecule is O=C(NCc1cc(C2CC2)ncn1)c1ccc(-n2cncn2)nn1. The van der Waals surface area contributed by atoms with Crippen molar-refractivity contribution in [3.8, 4) is 5.82 Å². The fourth-order valence-corrected chi connectivity index (χ4v) is 2.27. The number of amides is 1. The van der Waals surface area contributed by atoms with E-state index in [2.05, 4.69) is 35.6 Å². The highest BCUT2D eigenvalue weighted by molar-refractivity contribution is 5.92. The number of hydrogen-bond donors (Lipinski definition) is 1. The van der Waals surface area contributed by atoms with E-state index in [9.17, 15) is 4.79 Å². The second-order valence-electron chi connectivity index (χ2n) is 5.51. The molecule has 0 saturated heterocycles. The molecule has 120 valence electrons. The first-order valence-corrected chi connectivity index (χ1v) is 7.57. The molecule has 0 unspecified atom stereocenters. The van der Waals surface area contributed by atoms with Gasteiger partial charge < -0.3 is 5.32 Å². The predicted molar refractivity (Wildman–Crippen MR) is 82.1 cm³/mol. The van der Waals surface area contributed by atoms with Crippen LogP contribution in [0.25, 0.3) is 5.82 Å². The first kappa shape index (κ1) is 14.4. The van der Waals surface area contributed by atoms with Crippen LogP contribution in [0.2, 0.25) is 0 Å². The lowest BCUT2D eigenvalue weighted by Gasteiger charge is -2.05. The molecule has 3 heterocycles. The summed E-state index contributed by atoms with van der Waals surface area (Å²) < 4.78 is 1.47. The third-order valence-electron chi connectivity index (χ3n) is 3.71. The molecule has 0 spiro atoms. The Labute approximate surface area is 137 Å². The van der Waals surface area contributed by atoms with E-state index in [1.807, 2.05) is 6.07 Å². The van der Waals surface area contributed by atoms with Crippen LogP contribution < -0.4 is 5.32 Å². The molecule has 0 atom stereocenters. The fourth-order valence-electron chi connectivity index (χ4n) is 2.27. The van der Waals surface area contributed by atoms with Gasteiger partial charge in [0.15, 0.2) is 11.5 Å². The smallest absolute Gasteiger partial charge is 0.272 e. The summed E-state index contributed by atoms with van der Waals surface area (Å²) >= 11 is 0. The van der Waals surface area contributed by atoms with Gasteiger partial charge in [0, 0.05) is 11.6 Å². The zero-order valence-electron chi connectivity index (χ0n) is 12.7. The van der Waals surface area contributed by atoms with Gasteiger partial charge in [-0.2, -0.15) is 5.10 Å². The minimum absolute atomic E-state index is 0.232. The molecule has 1 amide bonds. The molecule has 0 aliphatic heterocycles. The molecule has 1 fully saturated rings. The summed E-state index contributed by atoms with van der Waals surface area (Å²) in [5, 5.41) is 14.6. The van der Waals surface area contributed by atoms with Crippen LogP contribution in [-0.4, -0.2) is 40.8 Å². The molecule has 0 aromatic carbocycles.